The van der Waals surface area contributed by atoms with Gasteiger partial charge in [-0.3, -0.25) is 19.2 Å². The first-order chi connectivity index (χ1) is 26.8. The first kappa shape index (κ1) is 43.4. The highest BCUT2D eigenvalue weighted by atomic mass is 16.6. The first-order valence-electron chi connectivity index (χ1n) is 18.0. The Hall–Kier alpha value is -6.31. The van der Waals surface area contributed by atoms with Gasteiger partial charge in [0.25, 0.3) is 17.7 Å². The van der Waals surface area contributed by atoms with Gasteiger partial charge < -0.3 is 39.2 Å². The molecular weight excluding hydrogens is 738 g/mol. The number of aliphatic hydroxyl groups excluding tert-OH is 1. The minimum atomic E-state index is -2.00. The largest absolute Gasteiger partial charge is 0.459 e. The number of carbonyl (C=O) groups is 6. The number of benzene rings is 3. The number of ether oxygens (including phenoxy) is 4. The molecule has 0 aliphatic carbocycles. The summed E-state index contributed by atoms with van der Waals surface area (Å²) >= 11 is 0. The highest BCUT2D eigenvalue weighted by Gasteiger charge is 2.40. The molecule has 2 unspecified atom stereocenters. The fourth-order valence-corrected chi connectivity index (χ4v) is 5.44. The minimum Gasteiger partial charge on any atom is -0.459 e. The molecule has 4 rings (SSSR count). The van der Waals surface area contributed by atoms with Crippen LogP contribution in [0.4, 0.5) is 21.0 Å². The number of amides is 5. The topological polar surface area (TPSA) is 205 Å². The number of esters is 1. The summed E-state index contributed by atoms with van der Waals surface area (Å²) in [4.78, 5) is 82.0. The maximum atomic E-state index is 13.6. The average Bonchev–Trinajstić information content (AvgIpc) is 3.14. The lowest BCUT2D eigenvalue weighted by molar-refractivity contribution is -0.150. The van der Waals surface area contributed by atoms with E-state index in [9.17, 15) is 39.1 Å². The van der Waals surface area contributed by atoms with Crippen LogP contribution in [0, 0.1) is 11.3 Å². The van der Waals surface area contributed by atoms with Crippen molar-refractivity contribution in [2.45, 2.75) is 78.1 Å². The Morgan fingerprint density at radius 2 is 1.60 bits per heavy atom. The van der Waals surface area contributed by atoms with Crippen molar-refractivity contribution in [1.82, 2.24) is 9.80 Å². The van der Waals surface area contributed by atoms with Crippen molar-refractivity contribution >= 4 is 47.3 Å². The third-order valence-corrected chi connectivity index (χ3v) is 8.09. The number of anilines is 2. The van der Waals surface area contributed by atoms with E-state index in [0.29, 0.717) is 10.6 Å². The number of rotatable bonds is 11. The maximum absolute atomic E-state index is 13.6. The third-order valence-electron chi connectivity index (χ3n) is 8.09. The lowest BCUT2D eigenvalue weighted by Gasteiger charge is -2.34. The van der Waals surface area contributed by atoms with Gasteiger partial charge in [-0.05, 0) is 89.1 Å². The molecular formula is C41H47N5O11. The van der Waals surface area contributed by atoms with Crippen molar-refractivity contribution in [2.75, 3.05) is 37.0 Å². The monoisotopic (exact) mass is 785 g/mol. The fraction of sp³-hybridized carbons (Fsp3) is 0.390. The molecule has 2 N–H and O–H groups in total. The molecule has 1 heterocycles. The van der Waals surface area contributed by atoms with Gasteiger partial charge in [-0.15, -0.1) is 0 Å². The van der Waals surface area contributed by atoms with Crippen molar-refractivity contribution in [2.24, 2.45) is 0 Å². The number of carbonyl (C=O) groups excluding carboxylic acids is 6. The Bertz CT molecular complexity index is 1990. The van der Waals surface area contributed by atoms with Crippen LogP contribution in [-0.2, 0) is 46.5 Å². The van der Waals surface area contributed by atoms with Crippen LogP contribution in [0.15, 0.2) is 72.8 Å². The number of likely N-dealkylation sites (N-methyl/N-ethyl adjacent to an activating group) is 1. The summed E-state index contributed by atoms with van der Waals surface area (Å²) in [5.74, 6) is -2.89. The van der Waals surface area contributed by atoms with Gasteiger partial charge in [-0.1, -0.05) is 36.4 Å². The molecule has 0 aromatic heterocycles. The number of nitriles is 1. The number of hydrogen-bond acceptors (Lipinski definition) is 12. The predicted molar refractivity (Wildman–Crippen MR) is 206 cm³/mol. The fourth-order valence-electron chi connectivity index (χ4n) is 5.44. The average molecular weight is 786 g/mol. The van der Waals surface area contributed by atoms with E-state index in [1.54, 1.807) is 53.7 Å². The maximum Gasteiger partial charge on any atom is 0.420 e. The van der Waals surface area contributed by atoms with E-state index in [4.69, 9.17) is 18.9 Å². The van der Waals surface area contributed by atoms with Crippen LogP contribution in [0.1, 0.15) is 68.6 Å². The molecule has 3 aromatic carbocycles. The summed E-state index contributed by atoms with van der Waals surface area (Å²) in [7, 11) is 1.44. The molecule has 5 amide bonds. The zero-order chi connectivity index (χ0) is 42.1. The molecule has 1 aliphatic rings. The van der Waals surface area contributed by atoms with Gasteiger partial charge in [0.1, 0.15) is 24.4 Å². The van der Waals surface area contributed by atoms with Gasteiger partial charge in [0.2, 0.25) is 0 Å². The molecule has 0 spiro atoms. The van der Waals surface area contributed by atoms with E-state index in [-0.39, 0.29) is 48.7 Å². The highest BCUT2D eigenvalue weighted by Crippen LogP contribution is 2.25. The van der Waals surface area contributed by atoms with E-state index in [0.717, 1.165) is 5.56 Å². The number of imide groups is 1. The second-order valence-electron chi connectivity index (χ2n) is 15.1. The van der Waals surface area contributed by atoms with Crippen molar-refractivity contribution in [3.8, 4) is 6.07 Å². The molecule has 3 aromatic rings. The summed E-state index contributed by atoms with van der Waals surface area (Å²) in [5, 5.41) is 23.4. The van der Waals surface area contributed by atoms with Gasteiger partial charge in [0, 0.05) is 30.5 Å². The molecule has 0 bridgehead atoms. The number of nitrogens with one attached hydrogen (secondary N) is 1. The molecule has 1 aliphatic heterocycles. The zero-order valence-electron chi connectivity index (χ0n) is 32.9. The predicted octanol–water partition coefficient (Wildman–Crippen LogP) is 4.78. The molecule has 1 fully saturated rings. The molecule has 16 heteroatoms. The summed E-state index contributed by atoms with van der Waals surface area (Å²) in [6.07, 6.45) is -5.68. The summed E-state index contributed by atoms with van der Waals surface area (Å²) in [6, 6.07) is 21.2. The Balaban J connectivity index is 1.44. The number of morpholine rings is 1. The second kappa shape index (κ2) is 18.5. The molecule has 57 heavy (non-hydrogen) atoms. The SMILES string of the molecule is CN(CC(=O)OCc1ccccc1)C(=O)c1cccc(N2CCOC(C(O)C(=O)Nc3ccc(C#N)c(CN(C(=O)OC(C)(C)C)C(=O)OC(C)(C)C)c3)C2=O)c1. The van der Waals surface area contributed by atoms with Gasteiger partial charge in [0.15, 0.2) is 12.2 Å². The second-order valence-corrected chi connectivity index (χ2v) is 15.1. The minimum absolute atomic E-state index is 0.0494. The zero-order valence-corrected chi connectivity index (χ0v) is 32.9. The standard InChI is InChI=1S/C41H47N5O11/c1-40(2,3)56-38(52)46(39(53)57-41(4,5)6)23-29-20-30(17-16-28(29)22-42)43-35(49)33(48)34-37(51)45(18-19-54-34)31-15-11-14-27(21-31)36(50)44(7)24-32(47)55-25-26-12-9-8-10-13-26/h8-17,20-21,33-34,48H,18-19,23-25H2,1-7H3,(H,43,49). The summed E-state index contributed by atoms with van der Waals surface area (Å²) in [6.45, 7) is 8.98. The van der Waals surface area contributed by atoms with Crippen LogP contribution in [-0.4, -0.2) is 101 Å². The number of hydrogen-bond donors (Lipinski definition) is 2. The van der Waals surface area contributed by atoms with Gasteiger partial charge in [-0.2, -0.15) is 5.26 Å². The van der Waals surface area contributed by atoms with E-state index >= 15 is 0 Å². The summed E-state index contributed by atoms with van der Waals surface area (Å²) < 4.78 is 21.6. The van der Waals surface area contributed by atoms with Crippen LogP contribution in [0.25, 0.3) is 0 Å². The Kier molecular flexibility index (Phi) is 14.1. The quantitative estimate of drug-likeness (QED) is 0.199. The van der Waals surface area contributed by atoms with Crippen molar-refractivity contribution in [1.29, 1.82) is 5.26 Å². The van der Waals surface area contributed by atoms with Crippen LogP contribution in [0.2, 0.25) is 0 Å². The smallest absolute Gasteiger partial charge is 0.420 e. The van der Waals surface area contributed by atoms with Gasteiger partial charge >= 0.3 is 18.2 Å². The lowest BCUT2D eigenvalue weighted by Crippen LogP contribution is -2.55. The molecule has 16 nitrogen and oxygen atoms in total. The Morgan fingerprint density at radius 3 is 2.21 bits per heavy atom. The van der Waals surface area contributed by atoms with Crippen LogP contribution in [0.5, 0.6) is 0 Å². The lowest BCUT2D eigenvalue weighted by atomic mass is 10.1. The molecule has 0 radical (unpaired) electrons. The molecule has 1 saturated heterocycles. The molecule has 0 saturated carbocycles. The Labute approximate surface area is 330 Å². The van der Waals surface area contributed by atoms with Crippen LogP contribution in [0.3, 0.4) is 0 Å². The van der Waals surface area contributed by atoms with Crippen LogP contribution >= 0.6 is 0 Å². The van der Waals surface area contributed by atoms with Crippen molar-refractivity contribution in [3.63, 3.8) is 0 Å². The van der Waals surface area contributed by atoms with Gasteiger partial charge in [-0.25, -0.2) is 14.5 Å². The van der Waals surface area contributed by atoms with E-state index in [1.807, 2.05) is 36.4 Å². The normalized spacial score (nSPS) is 14.8. The Morgan fingerprint density at radius 1 is 0.947 bits per heavy atom. The molecule has 302 valence electrons. The van der Waals surface area contributed by atoms with Crippen molar-refractivity contribution < 1.29 is 52.8 Å². The van der Waals surface area contributed by atoms with Gasteiger partial charge in [0.05, 0.1) is 24.8 Å². The van der Waals surface area contributed by atoms with Crippen molar-refractivity contribution in [3.05, 3.63) is 95.1 Å². The highest BCUT2D eigenvalue weighted by molar-refractivity contribution is 6.05. The first-order valence-corrected chi connectivity index (χ1v) is 18.0. The summed E-state index contributed by atoms with van der Waals surface area (Å²) in [5.41, 5.74) is -0.381. The van der Waals surface area contributed by atoms with Crippen LogP contribution < -0.4 is 10.2 Å². The number of aliphatic hydroxyl groups is 1. The van der Waals surface area contributed by atoms with E-state index in [2.05, 4.69) is 5.32 Å². The van der Waals surface area contributed by atoms with E-state index < -0.39 is 65.8 Å². The third kappa shape index (κ3) is 12.3. The number of nitrogens with zero attached hydrogens (tertiary/aromatic N) is 4. The molecule has 2 atom stereocenters. The van der Waals surface area contributed by atoms with E-state index in [1.165, 1.54) is 47.2 Å².